The van der Waals surface area contributed by atoms with Crippen LogP contribution in [0.25, 0.3) is 5.69 Å². The molecule has 6 heteroatoms. The molecule has 2 aliphatic heterocycles. The third-order valence-electron chi connectivity index (χ3n) is 5.06. The van der Waals surface area contributed by atoms with Crippen molar-refractivity contribution in [1.82, 2.24) is 14.7 Å². The van der Waals surface area contributed by atoms with Gasteiger partial charge >= 0.3 is 0 Å². The number of hydrogen-bond acceptors (Lipinski definition) is 4. The van der Waals surface area contributed by atoms with Crippen LogP contribution in [-0.4, -0.2) is 47.5 Å². The van der Waals surface area contributed by atoms with Gasteiger partial charge in [0, 0.05) is 25.1 Å². The number of carbonyl (C=O) groups excluding carboxylic acids is 1. The van der Waals surface area contributed by atoms with E-state index in [9.17, 15) is 4.79 Å². The van der Waals surface area contributed by atoms with Crippen LogP contribution < -0.4 is 4.74 Å². The molecule has 1 aromatic carbocycles. The lowest BCUT2D eigenvalue weighted by molar-refractivity contribution is -0.138. The van der Waals surface area contributed by atoms with Gasteiger partial charge in [-0.15, -0.1) is 0 Å². The molecule has 4 rings (SSSR count). The maximum Gasteiger partial charge on any atom is 0.249 e. The van der Waals surface area contributed by atoms with Crippen LogP contribution in [0.5, 0.6) is 5.75 Å². The molecule has 2 aromatic rings. The zero-order chi connectivity index (χ0) is 16.7. The average Bonchev–Trinajstić information content (AvgIpc) is 3.17. The molecule has 2 aliphatic rings. The summed E-state index contributed by atoms with van der Waals surface area (Å²) in [7, 11) is 3.23. The Hall–Kier alpha value is -2.34. The lowest BCUT2D eigenvalue weighted by Crippen LogP contribution is -2.43. The maximum atomic E-state index is 12.4. The third-order valence-corrected chi connectivity index (χ3v) is 5.06. The largest absolute Gasteiger partial charge is 0.497 e. The van der Waals surface area contributed by atoms with Crippen molar-refractivity contribution in [3.8, 4) is 11.4 Å². The summed E-state index contributed by atoms with van der Waals surface area (Å²) in [4.78, 5) is 14.4. The number of aromatic nitrogens is 2. The highest BCUT2D eigenvalue weighted by Gasteiger charge is 2.44. The van der Waals surface area contributed by atoms with Crippen molar-refractivity contribution in [1.29, 1.82) is 0 Å². The lowest BCUT2D eigenvalue weighted by atomic mass is 10.00. The number of rotatable bonds is 4. The van der Waals surface area contributed by atoms with Gasteiger partial charge in [-0.1, -0.05) is 0 Å². The molecule has 126 valence electrons. The highest BCUT2D eigenvalue weighted by molar-refractivity contribution is 5.79. The Balaban J connectivity index is 1.68. The van der Waals surface area contributed by atoms with Gasteiger partial charge in [0.15, 0.2) is 0 Å². The van der Waals surface area contributed by atoms with Crippen molar-refractivity contribution in [3.63, 3.8) is 0 Å². The fraction of sp³-hybridized carbons (Fsp3) is 0.444. The van der Waals surface area contributed by atoms with Crippen molar-refractivity contribution >= 4 is 5.91 Å². The molecule has 24 heavy (non-hydrogen) atoms. The molecule has 1 saturated heterocycles. The van der Waals surface area contributed by atoms with Crippen LogP contribution in [0.1, 0.15) is 30.1 Å². The fourth-order valence-electron chi connectivity index (χ4n) is 4.00. The third kappa shape index (κ3) is 2.29. The second-order valence-electron chi connectivity index (χ2n) is 6.34. The van der Waals surface area contributed by atoms with E-state index < -0.39 is 0 Å². The van der Waals surface area contributed by atoms with Crippen LogP contribution in [0.15, 0.2) is 30.5 Å². The molecule has 0 unspecified atom stereocenters. The highest BCUT2D eigenvalue weighted by Crippen LogP contribution is 2.44. The van der Waals surface area contributed by atoms with E-state index in [-0.39, 0.29) is 24.6 Å². The molecular formula is C18H21N3O3. The second-order valence-corrected chi connectivity index (χ2v) is 6.34. The molecule has 1 aromatic heterocycles. The number of benzene rings is 1. The first-order chi connectivity index (χ1) is 11.7. The van der Waals surface area contributed by atoms with Crippen LogP contribution in [-0.2, 0) is 16.0 Å². The Bertz CT molecular complexity index is 753. The zero-order valence-corrected chi connectivity index (χ0v) is 13.9. The quantitative estimate of drug-likeness (QED) is 0.863. The van der Waals surface area contributed by atoms with Gasteiger partial charge in [0.1, 0.15) is 12.4 Å². The van der Waals surface area contributed by atoms with Gasteiger partial charge in [-0.3, -0.25) is 4.79 Å². The monoisotopic (exact) mass is 327 g/mol. The van der Waals surface area contributed by atoms with Crippen molar-refractivity contribution in [2.45, 2.75) is 31.3 Å². The van der Waals surface area contributed by atoms with E-state index in [0.717, 1.165) is 30.7 Å². The second kappa shape index (κ2) is 5.94. The summed E-state index contributed by atoms with van der Waals surface area (Å²) in [6.45, 7) is 0.148. The number of hydrogen-bond donors (Lipinski definition) is 0. The van der Waals surface area contributed by atoms with Gasteiger partial charge in [0.05, 0.1) is 30.7 Å². The molecule has 1 fully saturated rings. The molecular weight excluding hydrogens is 306 g/mol. The Morgan fingerprint density at radius 3 is 2.75 bits per heavy atom. The summed E-state index contributed by atoms with van der Waals surface area (Å²) >= 11 is 0. The number of fused-ring (bicyclic) bond motifs is 4. The van der Waals surface area contributed by atoms with Crippen molar-refractivity contribution < 1.29 is 14.3 Å². The minimum Gasteiger partial charge on any atom is -0.497 e. The van der Waals surface area contributed by atoms with Crippen LogP contribution in [0.3, 0.4) is 0 Å². The Labute approximate surface area is 141 Å². The SMILES string of the molecule is COCC(=O)N1[C@H]2CC[C@H]1c1cnn(-c3ccc(OC)cc3)c1C2. The van der Waals surface area contributed by atoms with E-state index >= 15 is 0 Å². The Morgan fingerprint density at radius 2 is 2.04 bits per heavy atom. The molecule has 3 heterocycles. The van der Waals surface area contributed by atoms with Crippen LogP contribution in [0.2, 0.25) is 0 Å². The van der Waals surface area contributed by atoms with Crippen molar-refractivity contribution in [2.24, 2.45) is 0 Å². The minimum absolute atomic E-state index is 0.0767. The predicted molar refractivity (Wildman–Crippen MR) is 88.3 cm³/mol. The minimum atomic E-state index is 0.0767. The van der Waals surface area contributed by atoms with Crippen LogP contribution in [0.4, 0.5) is 0 Å². The number of methoxy groups -OCH3 is 2. The highest BCUT2D eigenvalue weighted by atomic mass is 16.5. The summed E-state index contributed by atoms with van der Waals surface area (Å²) < 4.78 is 12.3. The summed E-state index contributed by atoms with van der Waals surface area (Å²) in [5.74, 6) is 0.907. The molecule has 1 amide bonds. The van der Waals surface area contributed by atoms with E-state index in [1.54, 1.807) is 14.2 Å². The standard InChI is InChI=1S/C18H21N3O3/c1-23-11-18(22)20-13-5-8-16(20)15-10-19-21(17(15)9-13)12-3-6-14(24-2)7-4-12/h3-4,6-7,10,13,16H,5,8-9,11H2,1-2H3/t13-,16-/m0/s1. The summed E-state index contributed by atoms with van der Waals surface area (Å²) in [6, 6.07) is 8.28. The lowest BCUT2D eigenvalue weighted by Gasteiger charge is -2.35. The van der Waals surface area contributed by atoms with E-state index in [2.05, 4.69) is 5.10 Å². The van der Waals surface area contributed by atoms with E-state index in [0.29, 0.717) is 0 Å². The molecule has 0 N–H and O–H groups in total. The van der Waals surface area contributed by atoms with Crippen LogP contribution >= 0.6 is 0 Å². The van der Waals surface area contributed by atoms with Crippen LogP contribution in [0, 0.1) is 0 Å². The first-order valence-electron chi connectivity index (χ1n) is 8.24. The fourth-order valence-corrected chi connectivity index (χ4v) is 4.00. The first kappa shape index (κ1) is 15.2. The van der Waals surface area contributed by atoms with E-state index in [1.165, 1.54) is 11.3 Å². The zero-order valence-electron chi connectivity index (χ0n) is 13.9. The van der Waals surface area contributed by atoms with Gasteiger partial charge in [-0.2, -0.15) is 5.10 Å². The normalized spacial score (nSPS) is 21.7. The smallest absolute Gasteiger partial charge is 0.249 e. The molecule has 0 spiro atoms. The first-order valence-corrected chi connectivity index (χ1v) is 8.24. The maximum absolute atomic E-state index is 12.4. The van der Waals surface area contributed by atoms with Gasteiger partial charge in [-0.05, 0) is 37.1 Å². The van der Waals surface area contributed by atoms with Gasteiger partial charge in [-0.25, -0.2) is 4.68 Å². The summed E-state index contributed by atoms with van der Waals surface area (Å²) in [6.07, 6.45) is 4.80. The van der Waals surface area contributed by atoms with E-state index in [4.69, 9.17) is 9.47 Å². The molecule has 2 atom stereocenters. The molecule has 2 bridgehead atoms. The molecule has 0 aliphatic carbocycles. The number of nitrogens with zero attached hydrogens (tertiary/aromatic N) is 3. The topological polar surface area (TPSA) is 56.6 Å². The Morgan fingerprint density at radius 1 is 1.25 bits per heavy atom. The van der Waals surface area contributed by atoms with Gasteiger partial charge in [0.2, 0.25) is 5.91 Å². The van der Waals surface area contributed by atoms with Gasteiger partial charge in [0.25, 0.3) is 0 Å². The van der Waals surface area contributed by atoms with Crippen molar-refractivity contribution in [3.05, 3.63) is 41.7 Å². The number of carbonyl (C=O) groups is 1. The summed E-state index contributed by atoms with van der Waals surface area (Å²) in [5.41, 5.74) is 3.41. The molecule has 0 radical (unpaired) electrons. The number of amides is 1. The summed E-state index contributed by atoms with van der Waals surface area (Å²) in [5, 5.41) is 4.59. The molecule has 0 saturated carbocycles. The molecule has 6 nitrogen and oxygen atoms in total. The van der Waals surface area contributed by atoms with E-state index in [1.807, 2.05) is 40.0 Å². The van der Waals surface area contributed by atoms with Crippen molar-refractivity contribution in [2.75, 3.05) is 20.8 Å². The number of ether oxygens (including phenoxy) is 2. The van der Waals surface area contributed by atoms with Gasteiger partial charge < -0.3 is 14.4 Å². The average molecular weight is 327 g/mol. The Kier molecular flexibility index (Phi) is 3.76. The predicted octanol–water partition coefficient (Wildman–Crippen LogP) is 2.12.